The Labute approximate surface area is 121 Å². The molecule has 7 heteroatoms. The van der Waals surface area contributed by atoms with E-state index in [-0.39, 0.29) is 16.1 Å². The molecule has 0 bridgehead atoms. The molecule has 0 saturated heterocycles. The number of benzene rings is 1. The van der Waals surface area contributed by atoms with Gasteiger partial charge in [0.05, 0.1) is 16.1 Å². The van der Waals surface area contributed by atoms with Gasteiger partial charge >= 0.3 is 5.97 Å². The fraction of sp³-hybridized carbons (Fsp3) is 0. The lowest BCUT2D eigenvalue weighted by molar-refractivity contribution is 0.0699. The van der Waals surface area contributed by atoms with E-state index in [0.717, 1.165) is 6.07 Å². The van der Waals surface area contributed by atoms with Crippen LogP contribution in [0.2, 0.25) is 5.02 Å². The van der Waals surface area contributed by atoms with Gasteiger partial charge in [0.1, 0.15) is 16.5 Å². The van der Waals surface area contributed by atoms with E-state index < -0.39 is 11.8 Å². The summed E-state index contributed by atoms with van der Waals surface area (Å²) in [5.74, 6) is -1.77. The molecule has 0 unspecified atom stereocenters. The van der Waals surface area contributed by atoms with Gasteiger partial charge in [0, 0.05) is 23.0 Å². The van der Waals surface area contributed by atoms with Crippen molar-refractivity contribution in [3.05, 3.63) is 46.2 Å². The predicted molar refractivity (Wildman–Crippen MR) is 74.8 cm³/mol. The summed E-state index contributed by atoms with van der Waals surface area (Å²) in [6.07, 6.45) is 1.59. The van der Waals surface area contributed by atoms with Crippen LogP contribution in [-0.4, -0.2) is 21.0 Å². The van der Waals surface area contributed by atoms with Crippen LogP contribution in [0.15, 0.2) is 29.8 Å². The molecule has 0 spiro atoms. The zero-order valence-corrected chi connectivity index (χ0v) is 11.4. The summed E-state index contributed by atoms with van der Waals surface area (Å²) in [7, 11) is 0. The first-order valence-corrected chi connectivity index (χ1v) is 6.75. The predicted octanol–water partition coefficient (Wildman–Crippen LogP) is 3.85. The molecule has 0 atom stereocenters. The van der Waals surface area contributed by atoms with Gasteiger partial charge in [-0.1, -0.05) is 11.6 Å². The fourth-order valence-electron chi connectivity index (χ4n) is 1.86. The number of aromatic nitrogens is 2. The van der Waals surface area contributed by atoms with Crippen LogP contribution in [0.4, 0.5) is 4.39 Å². The Hall–Kier alpha value is -2.05. The first-order valence-electron chi connectivity index (χ1n) is 5.49. The molecule has 1 aromatic carbocycles. The Morgan fingerprint density at radius 1 is 1.35 bits per heavy atom. The number of thiazole rings is 1. The van der Waals surface area contributed by atoms with Gasteiger partial charge in [-0.2, -0.15) is 0 Å². The third kappa shape index (κ3) is 2.13. The van der Waals surface area contributed by atoms with Gasteiger partial charge in [-0.25, -0.2) is 19.2 Å². The van der Waals surface area contributed by atoms with Gasteiger partial charge in [-0.15, -0.1) is 11.3 Å². The number of carboxylic acid groups (broad SMARTS) is 1. The first-order chi connectivity index (χ1) is 9.56. The topological polar surface area (TPSA) is 63.1 Å². The molecule has 0 fully saturated rings. The molecule has 2 aromatic heterocycles. The second kappa shape index (κ2) is 4.81. The Bertz CT molecular complexity index is 821. The third-order valence-corrected chi connectivity index (χ3v) is 3.82. The lowest BCUT2D eigenvalue weighted by Gasteiger charge is -2.06. The number of carbonyl (C=O) groups is 1. The second-order valence-corrected chi connectivity index (χ2v) is 5.28. The highest BCUT2D eigenvalue weighted by Crippen LogP contribution is 2.29. The minimum Gasteiger partial charge on any atom is -0.478 e. The van der Waals surface area contributed by atoms with Crippen molar-refractivity contribution in [2.75, 3.05) is 0 Å². The smallest absolute Gasteiger partial charge is 0.336 e. The normalized spacial score (nSPS) is 10.9. The van der Waals surface area contributed by atoms with Gasteiger partial charge in [-0.3, -0.25) is 0 Å². The van der Waals surface area contributed by atoms with E-state index in [0.29, 0.717) is 16.1 Å². The number of nitrogens with zero attached hydrogens (tertiary/aromatic N) is 2. The van der Waals surface area contributed by atoms with Crippen molar-refractivity contribution in [1.82, 2.24) is 9.97 Å². The minimum absolute atomic E-state index is 0.0158. The molecular weight excluding hydrogens is 303 g/mol. The van der Waals surface area contributed by atoms with Crippen LogP contribution in [-0.2, 0) is 0 Å². The zero-order chi connectivity index (χ0) is 14.3. The maximum atomic E-state index is 13.5. The minimum atomic E-state index is -1.13. The zero-order valence-electron chi connectivity index (χ0n) is 9.80. The van der Waals surface area contributed by atoms with E-state index in [4.69, 9.17) is 11.6 Å². The molecule has 2 heterocycles. The van der Waals surface area contributed by atoms with E-state index in [1.807, 2.05) is 0 Å². The molecule has 4 nitrogen and oxygen atoms in total. The monoisotopic (exact) mass is 308 g/mol. The number of aromatic carboxylic acids is 1. The number of rotatable bonds is 2. The summed E-state index contributed by atoms with van der Waals surface area (Å²) < 4.78 is 13.5. The van der Waals surface area contributed by atoms with Gasteiger partial charge in [0.2, 0.25) is 0 Å². The summed E-state index contributed by atoms with van der Waals surface area (Å²) in [6.45, 7) is 0. The average Bonchev–Trinajstić information content (AvgIpc) is 2.92. The van der Waals surface area contributed by atoms with Crippen molar-refractivity contribution < 1.29 is 14.3 Å². The third-order valence-electron chi connectivity index (χ3n) is 2.73. The van der Waals surface area contributed by atoms with Crippen LogP contribution < -0.4 is 0 Å². The number of fused-ring (bicyclic) bond motifs is 1. The summed E-state index contributed by atoms with van der Waals surface area (Å²) >= 11 is 7.02. The maximum absolute atomic E-state index is 13.5. The van der Waals surface area contributed by atoms with Crippen molar-refractivity contribution in [3.63, 3.8) is 0 Å². The highest BCUT2D eigenvalue weighted by Gasteiger charge is 2.16. The largest absolute Gasteiger partial charge is 0.478 e. The number of pyridine rings is 1. The van der Waals surface area contributed by atoms with Crippen molar-refractivity contribution in [2.45, 2.75) is 0 Å². The average molecular weight is 309 g/mol. The Morgan fingerprint density at radius 2 is 2.15 bits per heavy atom. The molecule has 100 valence electrons. The Morgan fingerprint density at radius 3 is 2.80 bits per heavy atom. The van der Waals surface area contributed by atoms with Crippen LogP contribution in [0.1, 0.15) is 10.4 Å². The Kier molecular flexibility index (Phi) is 3.11. The lowest BCUT2D eigenvalue weighted by atomic mass is 10.1. The fourth-order valence-corrected chi connectivity index (χ4v) is 2.62. The standard InChI is InChI=1S/C13H6ClFN2O2S/c14-8-3-6-7(13(18)19)4-11(12-16-1-2-20-12)17-10(6)5-9(8)15/h1-5H,(H,18,19). The molecule has 0 amide bonds. The van der Waals surface area contributed by atoms with Gasteiger partial charge < -0.3 is 5.11 Å². The van der Waals surface area contributed by atoms with Crippen molar-refractivity contribution in [3.8, 4) is 10.7 Å². The van der Waals surface area contributed by atoms with Gasteiger partial charge in [0.25, 0.3) is 0 Å². The molecule has 1 N–H and O–H groups in total. The molecule has 0 aliphatic heterocycles. The van der Waals surface area contributed by atoms with E-state index >= 15 is 0 Å². The van der Waals surface area contributed by atoms with Crippen LogP contribution in [0.3, 0.4) is 0 Å². The molecule has 0 aliphatic rings. The summed E-state index contributed by atoms with van der Waals surface area (Å²) in [5, 5.41) is 11.8. The van der Waals surface area contributed by atoms with Crippen LogP contribution >= 0.6 is 22.9 Å². The maximum Gasteiger partial charge on any atom is 0.336 e. The summed E-state index contributed by atoms with van der Waals surface area (Å²) in [4.78, 5) is 19.7. The molecule has 3 aromatic rings. The highest BCUT2D eigenvalue weighted by atomic mass is 35.5. The van der Waals surface area contributed by atoms with E-state index in [1.165, 1.54) is 23.5 Å². The van der Waals surface area contributed by atoms with Gasteiger partial charge in [-0.05, 0) is 12.1 Å². The quantitative estimate of drug-likeness (QED) is 0.781. The Balaban J connectivity index is 2.36. The number of hydrogen-bond donors (Lipinski definition) is 1. The van der Waals surface area contributed by atoms with Crippen LogP contribution in [0.5, 0.6) is 0 Å². The molecule has 3 rings (SSSR count). The van der Waals surface area contributed by atoms with Crippen molar-refractivity contribution in [2.24, 2.45) is 0 Å². The summed E-state index contributed by atoms with van der Waals surface area (Å²) in [6, 6.07) is 3.81. The SMILES string of the molecule is O=C(O)c1cc(-c2nccs2)nc2cc(F)c(Cl)cc12. The molecular formula is C13H6ClFN2O2S. The first kappa shape index (κ1) is 13.0. The number of halogens is 2. The molecule has 20 heavy (non-hydrogen) atoms. The highest BCUT2D eigenvalue weighted by molar-refractivity contribution is 7.13. The number of carboxylic acids is 1. The van der Waals surface area contributed by atoms with Crippen molar-refractivity contribution >= 4 is 39.8 Å². The number of hydrogen-bond acceptors (Lipinski definition) is 4. The van der Waals surface area contributed by atoms with E-state index in [2.05, 4.69) is 9.97 Å². The van der Waals surface area contributed by atoms with Crippen LogP contribution in [0, 0.1) is 5.82 Å². The lowest BCUT2D eigenvalue weighted by Crippen LogP contribution is -2.00. The molecule has 0 saturated carbocycles. The van der Waals surface area contributed by atoms with E-state index in [1.54, 1.807) is 11.6 Å². The van der Waals surface area contributed by atoms with Gasteiger partial charge in [0.15, 0.2) is 0 Å². The molecule has 0 radical (unpaired) electrons. The van der Waals surface area contributed by atoms with Crippen molar-refractivity contribution in [1.29, 1.82) is 0 Å². The van der Waals surface area contributed by atoms with Crippen LogP contribution in [0.25, 0.3) is 21.6 Å². The van der Waals surface area contributed by atoms with E-state index in [9.17, 15) is 14.3 Å². The molecule has 0 aliphatic carbocycles. The second-order valence-electron chi connectivity index (χ2n) is 3.98. The summed E-state index contributed by atoms with van der Waals surface area (Å²) in [5.41, 5.74) is 0.644.